The molecule has 2 heteroatoms. The van der Waals surface area contributed by atoms with Gasteiger partial charge in [0.05, 0.1) is 0 Å². The van der Waals surface area contributed by atoms with E-state index in [2.05, 4.69) is 6.92 Å². The summed E-state index contributed by atoms with van der Waals surface area (Å²) in [5, 5.41) is 0. The Balaban J connectivity index is 1.87. The minimum Gasteiger partial charge on any atom is -0.339 e. The third-order valence-electron chi connectivity index (χ3n) is 3.72. The average molecular weight is 243 g/mol. The molecule has 0 bridgehead atoms. The maximum atomic E-state index is 12.0. The van der Waals surface area contributed by atoms with Gasteiger partial charge in [-0.3, -0.25) is 4.79 Å². The molecular weight excluding hydrogens is 222 g/mol. The minimum absolute atomic E-state index is 0.147. The first-order chi connectivity index (χ1) is 8.79. The molecule has 2 nitrogen and oxygen atoms in total. The van der Waals surface area contributed by atoms with Crippen molar-refractivity contribution in [3.63, 3.8) is 0 Å². The Labute approximate surface area is 109 Å². The Morgan fingerprint density at radius 1 is 1.28 bits per heavy atom. The fourth-order valence-electron chi connectivity index (χ4n) is 2.40. The van der Waals surface area contributed by atoms with Crippen LogP contribution in [0.25, 0.3) is 6.08 Å². The highest BCUT2D eigenvalue weighted by atomic mass is 16.2. The topological polar surface area (TPSA) is 20.3 Å². The van der Waals surface area contributed by atoms with E-state index in [4.69, 9.17) is 0 Å². The predicted octanol–water partition coefficient (Wildman–Crippen LogP) is 3.35. The van der Waals surface area contributed by atoms with Crippen LogP contribution in [0.15, 0.2) is 36.4 Å². The van der Waals surface area contributed by atoms with Gasteiger partial charge in [-0.2, -0.15) is 0 Å². The van der Waals surface area contributed by atoms with Crippen molar-refractivity contribution in [1.29, 1.82) is 0 Å². The highest BCUT2D eigenvalue weighted by molar-refractivity contribution is 5.91. The number of nitrogens with zero attached hydrogens (tertiary/aromatic N) is 1. The quantitative estimate of drug-likeness (QED) is 0.746. The molecule has 1 saturated heterocycles. The molecule has 0 unspecified atom stereocenters. The Hall–Kier alpha value is -1.57. The number of benzene rings is 1. The minimum atomic E-state index is 0.147. The second-order valence-electron chi connectivity index (χ2n) is 4.92. The largest absolute Gasteiger partial charge is 0.339 e. The van der Waals surface area contributed by atoms with Crippen molar-refractivity contribution >= 4 is 12.0 Å². The lowest BCUT2D eigenvalue weighted by atomic mass is 9.94. The number of carbonyl (C=O) groups is 1. The van der Waals surface area contributed by atoms with Crippen molar-refractivity contribution in [2.45, 2.75) is 26.2 Å². The van der Waals surface area contributed by atoms with E-state index in [0.29, 0.717) is 0 Å². The van der Waals surface area contributed by atoms with Crippen molar-refractivity contribution < 1.29 is 4.79 Å². The monoisotopic (exact) mass is 243 g/mol. The van der Waals surface area contributed by atoms with Crippen molar-refractivity contribution in [2.24, 2.45) is 5.92 Å². The molecule has 0 aromatic heterocycles. The molecule has 1 aliphatic heterocycles. The molecule has 0 atom stereocenters. The molecule has 1 amide bonds. The smallest absolute Gasteiger partial charge is 0.246 e. The van der Waals surface area contributed by atoms with Gasteiger partial charge < -0.3 is 4.90 Å². The van der Waals surface area contributed by atoms with Crippen LogP contribution in [0.1, 0.15) is 31.7 Å². The molecule has 0 N–H and O–H groups in total. The molecule has 0 saturated carbocycles. The van der Waals surface area contributed by atoms with Gasteiger partial charge in [-0.15, -0.1) is 0 Å². The van der Waals surface area contributed by atoms with Gasteiger partial charge in [0.25, 0.3) is 0 Å². The summed E-state index contributed by atoms with van der Waals surface area (Å²) in [5.41, 5.74) is 1.08. The number of carbonyl (C=O) groups excluding carboxylic acids is 1. The molecule has 18 heavy (non-hydrogen) atoms. The van der Waals surface area contributed by atoms with Crippen molar-refractivity contribution in [2.75, 3.05) is 13.1 Å². The number of rotatable bonds is 3. The van der Waals surface area contributed by atoms with E-state index in [0.717, 1.165) is 37.4 Å². The molecule has 0 radical (unpaired) electrons. The van der Waals surface area contributed by atoms with Crippen LogP contribution < -0.4 is 0 Å². The zero-order valence-electron chi connectivity index (χ0n) is 11.0. The SMILES string of the molecule is CCC1CCN(C(=O)/C=C/c2ccccc2)CC1. The summed E-state index contributed by atoms with van der Waals surface area (Å²) in [5.74, 6) is 0.959. The summed E-state index contributed by atoms with van der Waals surface area (Å²) in [7, 11) is 0. The Bertz CT molecular complexity index is 402. The van der Waals surface area contributed by atoms with E-state index in [-0.39, 0.29) is 5.91 Å². The summed E-state index contributed by atoms with van der Waals surface area (Å²) in [6, 6.07) is 9.96. The summed E-state index contributed by atoms with van der Waals surface area (Å²) in [6.07, 6.45) is 7.14. The molecule has 2 rings (SSSR count). The molecule has 1 fully saturated rings. The van der Waals surface area contributed by atoms with E-state index in [1.165, 1.54) is 6.42 Å². The molecule has 0 aliphatic carbocycles. The summed E-state index contributed by atoms with van der Waals surface area (Å²) >= 11 is 0. The zero-order chi connectivity index (χ0) is 12.8. The highest BCUT2D eigenvalue weighted by Gasteiger charge is 2.19. The predicted molar refractivity (Wildman–Crippen MR) is 75.1 cm³/mol. The highest BCUT2D eigenvalue weighted by Crippen LogP contribution is 2.20. The fourth-order valence-corrected chi connectivity index (χ4v) is 2.40. The van der Waals surface area contributed by atoms with Crippen LogP contribution in [0, 0.1) is 5.92 Å². The third kappa shape index (κ3) is 3.46. The molecule has 96 valence electrons. The van der Waals surface area contributed by atoms with Crippen LogP contribution >= 0.6 is 0 Å². The van der Waals surface area contributed by atoms with Crippen molar-refractivity contribution in [1.82, 2.24) is 4.90 Å². The molecular formula is C16H21NO. The standard InChI is InChI=1S/C16H21NO/c1-2-14-10-12-17(13-11-14)16(18)9-8-15-6-4-3-5-7-15/h3-9,14H,2,10-13H2,1H3/b9-8+. The average Bonchev–Trinajstić information content (AvgIpc) is 2.46. The summed E-state index contributed by atoms with van der Waals surface area (Å²) in [4.78, 5) is 14.0. The van der Waals surface area contributed by atoms with Crippen LogP contribution in [-0.2, 0) is 4.79 Å². The van der Waals surface area contributed by atoms with Crippen LogP contribution in [0.3, 0.4) is 0 Å². The molecule has 1 aromatic carbocycles. The van der Waals surface area contributed by atoms with E-state index >= 15 is 0 Å². The molecule has 1 aliphatic rings. The van der Waals surface area contributed by atoms with Crippen LogP contribution in [0.4, 0.5) is 0 Å². The number of piperidine rings is 1. The first-order valence-electron chi connectivity index (χ1n) is 6.81. The normalized spacial score (nSPS) is 17.3. The van der Waals surface area contributed by atoms with E-state index in [9.17, 15) is 4.79 Å². The number of hydrogen-bond donors (Lipinski definition) is 0. The lowest BCUT2D eigenvalue weighted by Crippen LogP contribution is -2.37. The van der Waals surface area contributed by atoms with Gasteiger partial charge in [-0.1, -0.05) is 43.7 Å². The van der Waals surface area contributed by atoms with Crippen molar-refractivity contribution in [3.05, 3.63) is 42.0 Å². The molecule has 1 aromatic rings. The van der Waals surface area contributed by atoms with E-state index < -0.39 is 0 Å². The summed E-state index contributed by atoms with van der Waals surface area (Å²) in [6.45, 7) is 4.06. The Kier molecular flexibility index (Phi) is 4.57. The third-order valence-corrected chi connectivity index (χ3v) is 3.72. The Morgan fingerprint density at radius 2 is 1.94 bits per heavy atom. The van der Waals surface area contributed by atoms with Gasteiger partial charge >= 0.3 is 0 Å². The van der Waals surface area contributed by atoms with Crippen LogP contribution in [0.5, 0.6) is 0 Å². The van der Waals surface area contributed by atoms with E-state index in [1.807, 2.05) is 41.3 Å². The maximum Gasteiger partial charge on any atom is 0.246 e. The number of hydrogen-bond acceptors (Lipinski definition) is 1. The fraction of sp³-hybridized carbons (Fsp3) is 0.438. The van der Waals surface area contributed by atoms with Gasteiger partial charge in [0.1, 0.15) is 0 Å². The van der Waals surface area contributed by atoms with E-state index in [1.54, 1.807) is 6.08 Å². The number of amides is 1. The number of likely N-dealkylation sites (tertiary alicyclic amines) is 1. The molecule has 1 heterocycles. The maximum absolute atomic E-state index is 12.0. The molecule has 0 spiro atoms. The second kappa shape index (κ2) is 6.39. The lowest BCUT2D eigenvalue weighted by Gasteiger charge is -2.30. The van der Waals surface area contributed by atoms with Crippen molar-refractivity contribution in [3.8, 4) is 0 Å². The second-order valence-corrected chi connectivity index (χ2v) is 4.92. The van der Waals surface area contributed by atoms with Gasteiger partial charge in [-0.05, 0) is 30.4 Å². The first kappa shape index (κ1) is 12.9. The zero-order valence-corrected chi connectivity index (χ0v) is 11.0. The van der Waals surface area contributed by atoms with Gasteiger partial charge in [0.2, 0.25) is 5.91 Å². The van der Waals surface area contributed by atoms with Gasteiger partial charge in [-0.25, -0.2) is 0 Å². The first-order valence-corrected chi connectivity index (χ1v) is 6.81. The Morgan fingerprint density at radius 3 is 2.56 bits per heavy atom. The van der Waals surface area contributed by atoms with Crippen LogP contribution in [0.2, 0.25) is 0 Å². The van der Waals surface area contributed by atoms with Crippen LogP contribution in [-0.4, -0.2) is 23.9 Å². The van der Waals surface area contributed by atoms with Gasteiger partial charge in [0.15, 0.2) is 0 Å². The lowest BCUT2D eigenvalue weighted by molar-refractivity contribution is -0.127. The van der Waals surface area contributed by atoms with Gasteiger partial charge in [0, 0.05) is 19.2 Å². The summed E-state index contributed by atoms with van der Waals surface area (Å²) < 4.78 is 0.